The first-order chi connectivity index (χ1) is 14.2. The van der Waals surface area contributed by atoms with Crippen LogP contribution >= 0.6 is 35.6 Å². The van der Waals surface area contributed by atoms with E-state index in [1.165, 1.54) is 5.39 Å². The Bertz CT molecular complexity index is 989. The lowest BCUT2D eigenvalue weighted by Gasteiger charge is -2.22. The number of aromatic nitrogens is 1. The molecular weight excluding hydrogens is 513 g/mol. The highest BCUT2D eigenvalue weighted by Gasteiger charge is 2.25. The summed E-state index contributed by atoms with van der Waals surface area (Å²) in [5.41, 5.74) is 3.31. The number of para-hydroxylation sites is 1. The van der Waals surface area contributed by atoms with E-state index in [4.69, 9.17) is 16.3 Å². The van der Waals surface area contributed by atoms with Gasteiger partial charge in [0.1, 0.15) is 5.75 Å². The topological polar surface area (TPSA) is 64.7 Å². The van der Waals surface area contributed by atoms with Gasteiger partial charge in [-0.15, -0.1) is 24.0 Å². The molecule has 1 fully saturated rings. The molecule has 1 atom stereocenters. The highest BCUT2D eigenvalue weighted by atomic mass is 127. The zero-order chi connectivity index (χ0) is 20.2. The number of rotatable bonds is 5. The lowest BCUT2D eigenvalue weighted by Crippen LogP contribution is -2.44. The number of guanidine groups is 1. The van der Waals surface area contributed by atoms with Crippen LogP contribution in [0.5, 0.6) is 5.75 Å². The Labute approximate surface area is 199 Å². The van der Waals surface area contributed by atoms with Crippen LogP contribution < -0.4 is 20.3 Å². The minimum atomic E-state index is 0. The maximum atomic E-state index is 6.19. The van der Waals surface area contributed by atoms with Crippen molar-refractivity contribution in [3.63, 3.8) is 0 Å². The van der Waals surface area contributed by atoms with E-state index in [1.807, 2.05) is 24.3 Å². The van der Waals surface area contributed by atoms with Gasteiger partial charge in [0.25, 0.3) is 0 Å². The highest BCUT2D eigenvalue weighted by Crippen LogP contribution is 2.33. The normalized spacial score (nSPS) is 16.4. The van der Waals surface area contributed by atoms with Crippen LogP contribution in [0.3, 0.4) is 0 Å². The lowest BCUT2D eigenvalue weighted by molar-refractivity contribution is 0.415. The Morgan fingerprint density at radius 2 is 2.10 bits per heavy atom. The molecule has 1 saturated heterocycles. The van der Waals surface area contributed by atoms with E-state index in [9.17, 15) is 0 Å². The molecule has 1 aliphatic rings. The molecule has 8 heteroatoms. The van der Waals surface area contributed by atoms with Crippen LogP contribution in [0.1, 0.15) is 12.1 Å². The van der Waals surface area contributed by atoms with Crippen LogP contribution in [0.25, 0.3) is 10.9 Å². The fourth-order valence-electron chi connectivity index (χ4n) is 3.80. The van der Waals surface area contributed by atoms with Gasteiger partial charge >= 0.3 is 0 Å². The number of halogens is 2. The van der Waals surface area contributed by atoms with Gasteiger partial charge < -0.3 is 25.3 Å². The third kappa shape index (κ3) is 5.13. The van der Waals surface area contributed by atoms with E-state index in [0.717, 1.165) is 48.1 Å². The fraction of sp³-hybridized carbons (Fsp3) is 0.318. The molecule has 1 aliphatic heterocycles. The number of hydrogen-bond donors (Lipinski definition) is 3. The molecule has 160 valence electrons. The summed E-state index contributed by atoms with van der Waals surface area (Å²) >= 11 is 6.19. The maximum absolute atomic E-state index is 6.19. The standard InChI is InChI=1S/C22H26ClN5O.HI/c1-24-22(25-13-18-11-15-5-3-4-6-19(15)26-18)27-17-9-10-28(14-17)20-12-16(23)7-8-21(20)29-2;/h3-8,11-12,17,26H,9-10,13-14H2,1-2H3,(H2,24,25,27);1H. The third-order valence-electron chi connectivity index (χ3n) is 5.27. The predicted octanol–water partition coefficient (Wildman–Crippen LogP) is 4.39. The van der Waals surface area contributed by atoms with Crippen LogP contribution in [0.15, 0.2) is 53.5 Å². The smallest absolute Gasteiger partial charge is 0.191 e. The predicted molar refractivity (Wildman–Crippen MR) is 136 cm³/mol. The number of benzene rings is 2. The van der Waals surface area contributed by atoms with Crippen LogP contribution in [0.4, 0.5) is 5.69 Å². The summed E-state index contributed by atoms with van der Waals surface area (Å²) < 4.78 is 5.50. The first-order valence-electron chi connectivity index (χ1n) is 9.78. The minimum absolute atomic E-state index is 0. The molecule has 0 spiro atoms. The number of nitrogens with zero attached hydrogens (tertiary/aromatic N) is 2. The Morgan fingerprint density at radius 3 is 2.87 bits per heavy atom. The molecule has 6 nitrogen and oxygen atoms in total. The molecule has 3 N–H and O–H groups in total. The molecule has 3 aromatic rings. The second-order valence-corrected chi connectivity index (χ2v) is 7.64. The van der Waals surface area contributed by atoms with E-state index < -0.39 is 0 Å². The number of aromatic amines is 1. The van der Waals surface area contributed by atoms with Gasteiger partial charge in [-0.3, -0.25) is 4.99 Å². The lowest BCUT2D eigenvalue weighted by atomic mass is 10.2. The number of nitrogens with one attached hydrogen (secondary N) is 3. The molecule has 2 aromatic carbocycles. The quantitative estimate of drug-likeness (QED) is 0.256. The average molecular weight is 540 g/mol. The second kappa shape index (κ2) is 10.3. The van der Waals surface area contributed by atoms with E-state index in [1.54, 1.807) is 14.2 Å². The molecule has 30 heavy (non-hydrogen) atoms. The first kappa shape index (κ1) is 22.6. The molecular formula is C22H27ClIN5O. The zero-order valence-corrected chi connectivity index (χ0v) is 20.2. The molecule has 0 radical (unpaired) electrons. The molecule has 0 amide bonds. The van der Waals surface area contributed by atoms with Crippen molar-refractivity contribution in [2.75, 3.05) is 32.1 Å². The van der Waals surface area contributed by atoms with Gasteiger partial charge in [-0.1, -0.05) is 29.8 Å². The Balaban J connectivity index is 0.00000256. The number of H-pyrrole nitrogens is 1. The number of methoxy groups -OCH3 is 1. The summed E-state index contributed by atoms with van der Waals surface area (Å²) in [7, 11) is 3.49. The summed E-state index contributed by atoms with van der Waals surface area (Å²) in [4.78, 5) is 10.1. The summed E-state index contributed by atoms with van der Waals surface area (Å²) in [6, 6.07) is 16.5. The van der Waals surface area contributed by atoms with Crippen LogP contribution in [-0.4, -0.2) is 44.2 Å². The van der Waals surface area contributed by atoms with Gasteiger partial charge in [0.2, 0.25) is 0 Å². The number of anilines is 1. The monoisotopic (exact) mass is 539 g/mol. The summed E-state index contributed by atoms with van der Waals surface area (Å²) in [5.74, 6) is 1.64. The van der Waals surface area contributed by atoms with Crippen molar-refractivity contribution in [1.29, 1.82) is 0 Å². The van der Waals surface area contributed by atoms with Gasteiger partial charge in [0.05, 0.1) is 19.3 Å². The van der Waals surface area contributed by atoms with Gasteiger partial charge in [-0.05, 0) is 42.1 Å². The Kier molecular flexibility index (Phi) is 7.71. The zero-order valence-electron chi connectivity index (χ0n) is 17.1. The molecule has 0 bridgehead atoms. The molecule has 2 heterocycles. The van der Waals surface area contributed by atoms with E-state index in [2.05, 4.69) is 49.8 Å². The van der Waals surface area contributed by atoms with Crippen molar-refractivity contribution in [2.24, 2.45) is 4.99 Å². The number of aliphatic imine (C=N–C) groups is 1. The van der Waals surface area contributed by atoms with Crippen LogP contribution in [0.2, 0.25) is 5.02 Å². The molecule has 1 unspecified atom stereocenters. The molecule has 4 rings (SSSR count). The van der Waals surface area contributed by atoms with Crippen molar-refractivity contribution >= 4 is 58.1 Å². The highest BCUT2D eigenvalue weighted by molar-refractivity contribution is 14.0. The van der Waals surface area contributed by atoms with E-state index in [0.29, 0.717) is 17.6 Å². The van der Waals surface area contributed by atoms with Gasteiger partial charge in [-0.25, -0.2) is 0 Å². The summed E-state index contributed by atoms with van der Waals surface area (Å²) in [5, 5.41) is 8.87. The number of fused-ring (bicyclic) bond motifs is 1. The largest absolute Gasteiger partial charge is 0.495 e. The van der Waals surface area contributed by atoms with E-state index in [-0.39, 0.29) is 24.0 Å². The molecule has 1 aromatic heterocycles. The van der Waals surface area contributed by atoms with Crippen LogP contribution in [-0.2, 0) is 6.54 Å². The first-order valence-corrected chi connectivity index (χ1v) is 10.2. The van der Waals surface area contributed by atoms with Crippen molar-refractivity contribution < 1.29 is 4.74 Å². The fourth-order valence-corrected chi connectivity index (χ4v) is 3.97. The van der Waals surface area contributed by atoms with Crippen molar-refractivity contribution in [1.82, 2.24) is 15.6 Å². The van der Waals surface area contributed by atoms with Crippen molar-refractivity contribution in [3.8, 4) is 5.75 Å². The number of ether oxygens (including phenoxy) is 1. The Morgan fingerprint density at radius 1 is 1.27 bits per heavy atom. The van der Waals surface area contributed by atoms with Crippen molar-refractivity contribution in [2.45, 2.75) is 19.0 Å². The summed E-state index contributed by atoms with van der Waals surface area (Å²) in [6.45, 7) is 2.49. The minimum Gasteiger partial charge on any atom is -0.495 e. The van der Waals surface area contributed by atoms with Gasteiger partial charge in [0.15, 0.2) is 5.96 Å². The van der Waals surface area contributed by atoms with E-state index >= 15 is 0 Å². The van der Waals surface area contributed by atoms with Gasteiger partial charge in [0, 0.05) is 42.4 Å². The maximum Gasteiger partial charge on any atom is 0.191 e. The average Bonchev–Trinajstić information content (AvgIpc) is 3.37. The van der Waals surface area contributed by atoms with Gasteiger partial charge in [-0.2, -0.15) is 0 Å². The third-order valence-corrected chi connectivity index (χ3v) is 5.50. The Hall–Kier alpha value is -2.13. The molecule has 0 aliphatic carbocycles. The number of hydrogen-bond acceptors (Lipinski definition) is 3. The summed E-state index contributed by atoms with van der Waals surface area (Å²) in [6.07, 6.45) is 1.02. The van der Waals surface area contributed by atoms with Crippen molar-refractivity contribution in [3.05, 3.63) is 59.2 Å². The van der Waals surface area contributed by atoms with Crippen LogP contribution in [0, 0.1) is 0 Å². The SMILES string of the molecule is CN=C(NCc1cc2ccccc2[nH]1)NC1CCN(c2cc(Cl)ccc2OC)C1.I. The second-order valence-electron chi connectivity index (χ2n) is 7.20. The molecule has 0 saturated carbocycles.